The Morgan fingerprint density at radius 2 is 1.95 bits per heavy atom. The van der Waals surface area contributed by atoms with Gasteiger partial charge in [-0.3, -0.25) is 4.79 Å². The first kappa shape index (κ1) is 12.7. The molecule has 0 spiro atoms. The number of anilines is 2. The highest BCUT2D eigenvalue weighted by atomic mass is 16.1. The lowest BCUT2D eigenvalue weighted by Crippen LogP contribution is -2.13. The molecule has 0 atom stereocenters. The van der Waals surface area contributed by atoms with E-state index in [4.69, 9.17) is 5.26 Å². The highest BCUT2D eigenvalue weighted by Crippen LogP contribution is 2.17. The van der Waals surface area contributed by atoms with Crippen LogP contribution in [0.25, 0.3) is 0 Å². The van der Waals surface area contributed by atoms with Crippen LogP contribution in [-0.4, -0.2) is 13.0 Å². The third-order valence-corrected chi connectivity index (χ3v) is 2.69. The van der Waals surface area contributed by atoms with E-state index in [1.807, 2.05) is 18.2 Å². The van der Waals surface area contributed by atoms with Crippen LogP contribution in [0.3, 0.4) is 0 Å². The van der Waals surface area contributed by atoms with Gasteiger partial charge in [-0.1, -0.05) is 18.2 Å². The Labute approximate surface area is 111 Å². The third-order valence-electron chi connectivity index (χ3n) is 2.69. The van der Waals surface area contributed by atoms with Gasteiger partial charge in [-0.25, -0.2) is 0 Å². The van der Waals surface area contributed by atoms with Gasteiger partial charge in [-0.05, 0) is 30.3 Å². The molecule has 4 nitrogen and oxygen atoms in total. The van der Waals surface area contributed by atoms with E-state index >= 15 is 0 Å². The fourth-order valence-corrected chi connectivity index (χ4v) is 1.76. The molecule has 4 heteroatoms. The van der Waals surface area contributed by atoms with Gasteiger partial charge in [0.25, 0.3) is 5.91 Å². The van der Waals surface area contributed by atoms with Crippen molar-refractivity contribution >= 4 is 17.3 Å². The molecule has 0 fully saturated rings. The van der Waals surface area contributed by atoms with Gasteiger partial charge in [0, 0.05) is 18.4 Å². The summed E-state index contributed by atoms with van der Waals surface area (Å²) in [5.74, 6) is -0.208. The quantitative estimate of drug-likeness (QED) is 0.881. The minimum Gasteiger partial charge on any atom is -0.387 e. The number of nitrogens with one attached hydrogen (secondary N) is 2. The second kappa shape index (κ2) is 5.69. The Balaban J connectivity index is 2.23. The fourth-order valence-electron chi connectivity index (χ4n) is 1.76. The summed E-state index contributed by atoms with van der Waals surface area (Å²) >= 11 is 0. The molecule has 2 aromatic carbocycles. The monoisotopic (exact) mass is 251 g/mol. The fraction of sp³-hybridized carbons (Fsp3) is 0.0667. The van der Waals surface area contributed by atoms with Crippen molar-refractivity contribution in [2.45, 2.75) is 0 Å². The number of carbonyl (C=O) groups is 1. The van der Waals surface area contributed by atoms with Gasteiger partial charge in [-0.2, -0.15) is 5.26 Å². The van der Waals surface area contributed by atoms with Crippen molar-refractivity contribution in [1.29, 1.82) is 5.26 Å². The number of carbonyl (C=O) groups excluding carboxylic acids is 1. The van der Waals surface area contributed by atoms with Crippen LogP contribution >= 0.6 is 0 Å². The largest absolute Gasteiger partial charge is 0.387 e. The summed E-state index contributed by atoms with van der Waals surface area (Å²) in [5.41, 5.74) is 2.44. The number of nitrogens with zero attached hydrogens (tertiary/aromatic N) is 1. The zero-order valence-electron chi connectivity index (χ0n) is 10.5. The van der Waals surface area contributed by atoms with Crippen LogP contribution in [0.15, 0.2) is 48.5 Å². The molecule has 0 aliphatic rings. The number of hydrogen-bond acceptors (Lipinski definition) is 3. The zero-order valence-corrected chi connectivity index (χ0v) is 10.5. The first-order chi connectivity index (χ1) is 9.24. The summed E-state index contributed by atoms with van der Waals surface area (Å²) < 4.78 is 0. The summed E-state index contributed by atoms with van der Waals surface area (Å²) in [6.07, 6.45) is 0. The molecule has 0 radical (unpaired) electrons. The van der Waals surface area contributed by atoms with Crippen molar-refractivity contribution in [3.8, 4) is 6.07 Å². The van der Waals surface area contributed by atoms with Crippen molar-refractivity contribution in [2.75, 3.05) is 17.7 Å². The summed E-state index contributed by atoms with van der Waals surface area (Å²) in [4.78, 5) is 12.2. The third kappa shape index (κ3) is 2.90. The predicted molar refractivity (Wildman–Crippen MR) is 75.1 cm³/mol. The highest BCUT2D eigenvalue weighted by molar-refractivity contribution is 6.08. The van der Waals surface area contributed by atoms with Crippen LogP contribution in [0, 0.1) is 11.3 Å². The standard InChI is InChI=1S/C15H13N3O/c1-17-14-8-3-2-7-13(14)15(19)18-12-6-4-5-11(9-12)10-16/h2-9,17H,1H3,(H,18,19). The second-order valence-corrected chi connectivity index (χ2v) is 3.94. The maximum atomic E-state index is 12.2. The van der Waals surface area contributed by atoms with Crippen molar-refractivity contribution in [3.63, 3.8) is 0 Å². The molecule has 0 bridgehead atoms. The van der Waals surface area contributed by atoms with Crippen molar-refractivity contribution in [2.24, 2.45) is 0 Å². The average molecular weight is 251 g/mol. The Bertz CT molecular complexity index is 644. The minimum atomic E-state index is -0.208. The molecule has 94 valence electrons. The average Bonchev–Trinajstić information content (AvgIpc) is 2.47. The molecule has 0 aromatic heterocycles. The zero-order chi connectivity index (χ0) is 13.7. The van der Waals surface area contributed by atoms with Gasteiger partial charge in [0.2, 0.25) is 0 Å². The van der Waals surface area contributed by atoms with E-state index in [0.717, 1.165) is 5.69 Å². The maximum absolute atomic E-state index is 12.2. The van der Waals surface area contributed by atoms with Crippen LogP contribution in [-0.2, 0) is 0 Å². The Kier molecular flexibility index (Phi) is 3.79. The number of benzene rings is 2. The molecule has 0 unspecified atom stereocenters. The van der Waals surface area contributed by atoms with Gasteiger partial charge in [0.1, 0.15) is 0 Å². The number of nitriles is 1. The molecular formula is C15H13N3O. The van der Waals surface area contributed by atoms with E-state index in [-0.39, 0.29) is 5.91 Å². The summed E-state index contributed by atoms with van der Waals surface area (Å²) in [6, 6.07) is 16.1. The molecule has 0 heterocycles. The Morgan fingerprint density at radius 1 is 1.16 bits per heavy atom. The van der Waals surface area contributed by atoms with Crippen LogP contribution < -0.4 is 10.6 Å². The van der Waals surface area contributed by atoms with E-state index in [1.165, 1.54) is 0 Å². The Morgan fingerprint density at radius 3 is 2.68 bits per heavy atom. The molecule has 2 rings (SSSR count). The van der Waals surface area contributed by atoms with Crippen molar-refractivity contribution < 1.29 is 4.79 Å². The summed E-state index contributed by atoms with van der Waals surface area (Å²) in [6.45, 7) is 0. The molecular weight excluding hydrogens is 238 g/mol. The first-order valence-electron chi connectivity index (χ1n) is 5.83. The van der Waals surface area contributed by atoms with Crippen molar-refractivity contribution in [1.82, 2.24) is 0 Å². The highest BCUT2D eigenvalue weighted by Gasteiger charge is 2.10. The second-order valence-electron chi connectivity index (χ2n) is 3.94. The van der Waals surface area contributed by atoms with Gasteiger partial charge < -0.3 is 10.6 Å². The SMILES string of the molecule is CNc1ccccc1C(=O)Nc1cccc(C#N)c1. The van der Waals surface area contributed by atoms with Gasteiger partial charge in [-0.15, -0.1) is 0 Å². The lowest BCUT2D eigenvalue weighted by atomic mass is 10.1. The van der Waals surface area contributed by atoms with Crippen molar-refractivity contribution in [3.05, 3.63) is 59.7 Å². The van der Waals surface area contributed by atoms with Gasteiger partial charge in [0.15, 0.2) is 0 Å². The minimum absolute atomic E-state index is 0.208. The molecule has 19 heavy (non-hydrogen) atoms. The lowest BCUT2D eigenvalue weighted by Gasteiger charge is -2.09. The maximum Gasteiger partial charge on any atom is 0.257 e. The van der Waals surface area contributed by atoms with Gasteiger partial charge in [0.05, 0.1) is 17.2 Å². The van der Waals surface area contributed by atoms with E-state index in [0.29, 0.717) is 16.8 Å². The number of para-hydroxylation sites is 1. The van der Waals surface area contributed by atoms with E-state index < -0.39 is 0 Å². The molecule has 0 aliphatic heterocycles. The number of rotatable bonds is 3. The normalized spacial score (nSPS) is 9.47. The van der Waals surface area contributed by atoms with Gasteiger partial charge >= 0.3 is 0 Å². The number of hydrogen-bond donors (Lipinski definition) is 2. The topological polar surface area (TPSA) is 64.9 Å². The Hall–Kier alpha value is -2.80. The molecule has 0 saturated heterocycles. The van der Waals surface area contributed by atoms with Crippen LogP contribution in [0.2, 0.25) is 0 Å². The molecule has 0 saturated carbocycles. The lowest BCUT2D eigenvalue weighted by molar-refractivity contribution is 0.102. The first-order valence-corrected chi connectivity index (χ1v) is 5.83. The molecule has 2 N–H and O–H groups in total. The number of amides is 1. The van der Waals surface area contributed by atoms with E-state index in [1.54, 1.807) is 43.4 Å². The molecule has 0 aliphatic carbocycles. The smallest absolute Gasteiger partial charge is 0.257 e. The van der Waals surface area contributed by atoms with E-state index in [2.05, 4.69) is 10.6 Å². The molecule has 2 aromatic rings. The summed E-state index contributed by atoms with van der Waals surface area (Å²) in [7, 11) is 1.77. The predicted octanol–water partition coefficient (Wildman–Crippen LogP) is 2.85. The van der Waals surface area contributed by atoms with E-state index in [9.17, 15) is 4.79 Å². The van der Waals surface area contributed by atoms with Crippen LogP contribution in [0.1, 0.15) is 15.9 Å². The van der Waals surface area contributed by atoms with Crippen LogP contribution in [0.4, 0.5) is 11.4 Å². The van der Waals surface area contributed by atoms with Crippen LogP contribution in [0.5, 0.6) is 0 Å². The summed E-state index contributed by atoms with van der Waals surface area (Å²) in [5, 5.41) is 14.6. The molecule has 1 amide bonds.